The Labute approximate surface area is 91.6 Å². The Morgan fingerprint density at radius 3 is 2.33 bits per heavy atom. The van der Waals surface area contributed by atoms with Crippen molar-refractivity contribution in [2.45, 2.75) is 39.3 Å². The Morgan fingerprint density at radius 1 is 1.53 bits per heavy atom. The molecule has 0 fully saturated rings. The minimum Gasteiger partial charge on any atom is -0.389 e. The predicted molar refractivity (Wildman–Crippen MR) is 59.9 cm³/mol. The maximum Gasteiger partial charge on any atom is 0.238 e. The van der Waals surface area contributed by atoms with Crippen molar-refractivity contribution in [1.82, 2.24) is 10.3 Å². The second-order valence-electron chi connectivity index (χ2n) is 4.77. The quantitative estimate of drug-likeness (QED) is 0.336. The van der Waals surface area contributed by atoms with Gasteiger partial charge in [-0.2, -0.15) is 0 Å². The van der Waals surface area contributed by atoms with Gasteiger partial charge in [-0.1, -0.05) is 6.92 Å². The van der Waals surface area contributed by atoms with E-state index >= 15 is 0 Å². The second kappa shape index (κ2) is 5.44. The molecule has 15 heavy (non-hydrogen) atoms. The first kappa shape index (κ1) is 14.3. The Morgan fingerprint density at radius 2 is 2.00 bits per heavy atom. The van der Waals surface area contributed by atoms with Crippen LogP contribution in [0, 0.1) is 5.92 Å². The molecule has 0 aromatic carbocycles. The minimum atomic E-state index is -0.762. The van der Waals surface area contributed by atoms with E-state index in [-0.39, 0.29) is 17.9 Å². The van der Waals surface area contributed by atoms with Crippen molar-refractivity contribution in [2.24, 2.45) is 11.8 Å². The van der Waals surface area contributed by atoms with Crippen LogP contribution in [0.15, 0.2) is 0 Å². The number of rotatable bonds is 5. The first-order valence-corrected chi connectivity index (χ1v) is 5.12. The summed E-state index contributed by atoms with van der Waals surface area (Å²) in [5.74, 6) is 4.67. The van der Waals surface area contributed by atoms with Gasteiger partial charge in [0.1, 0.15) is 0 Å². The number of carbonyl (C=O) groups excluding carboxylic acids is 1. The standard InChI is InChI=1S/C10H23N3O2/c1-7(9(14)12-11)8(2)13(5)6-10(3,4)15/h7-8,15H,6,11H2,1-5H3,(H,12,14). The SMILES string of the molecule is CC(C(=O)NN)C(C)N(C)CC(C)(C)O. The molecule has 2 atom stereocenters. The number of nitrogens with zero attached hydrogens (tertiary/aromatic N) is 1. The highest BCUT2D eigenvalue weighted by atomic mass is 16.3. The van der Waals surface area contributed by atoms with Crippen LogP contribution < -0.4 is 11.3 Å². The van der Waals surface area contributed by atoms with E-state index in [9.17, 15) is 9.90 Å². The minimum absolute atomic E-state index is 0.0278. The van der Waals surface area contributed by atoms with Crippen LogP contribution in [0.25, 0.3) is 0 Å². The van der Waals surface area contributed by atoms with Gasteiger partial charge >= 0.3 is 0 Å². The first-order chi connectivity index (χ1) is 6.69. The van der Waals surface area contributed by atoms with Gasteiger partial charge in [-0.25, -0.2) is 5.84 Å². The molecule has 0 aliphatic rings. The average Bonchev–Trinajstić information content (AvgIpc) is 2.11. The van der Waals surface area contributed by atoms with Crippen LogP contribution in [-0.2, 0) is 4.79 Å². The van der Waals surface area contributed by atoms with Gasteiger partial charge in [0, 0.05) is 12.6 Å². The van der Waals surface area contributed by atoms with Crippen LogP contribution in [0.5, 0.6) is 0 Å². The summed E-state index contributed by atoms with van der Waals surface area (Å²) in [6, 6.07) is 0.0278. The molecule has 1 amide bonds. The summed E-state index contributed by atoms with van der Waals surface area (Å²) in [5, 5.41) is 9.65. The van der Waals surface area contributed by atoms with Crippen LogP contribution in [0.3, 0.4) is 0 Å². The topological polar surface area (TPSA) is 78.6 Å². The molecule has 0 spiro atoms. The van der Waals surface area contributed by atoms with Crippen LogP contribution >= 0.6 is 0 Å². The van der Waals surface area contributed by atoms with Crippen molar-refractivity contribution in [3.63, 3.8) is 0 Å². The summed E-state index contributed by atoms with van der Waals surface area (Å²) in [6.45, 7) is 7.74. The molecule has 0 saturated carbocycles. The van der Waals surface area contributed by atoms with Crippen molar-refractivity contribution < 1.29 is 9.90 Å². The normalized spacial score (nSPS) is 16.3. The van der Waals surface area contributed by atoms with Crippen molar-refractivity contribution in [1.29, 1.82) is 0 Å². The molecule has 0 aliphatic carbocycles. The summed E-state index contributed by atoms with van der Waals surface area (Å²) >= 11 is 0. The summed E-state index contributed by atoms with van der Waals surface area (Å²) in [6.07, 6.45) is 0. The third-order valence-corrected chi connectivity index (χ3v) is 2.61. The molecule has 0 aromatic rings. The fraction of sp³-hybridized carbons (Fsp3) is 0.900. The molecule has 5 nitrogen and oxygen atoms in total. The lowest BCUT2D eigenvalue weighted by Gasteiger charge is -2.33. The van der Waals surface area contributed by atoms with Crippen LogP contribution in [0.2, 0.25) is 0 Å². The lowest BCUT2D eigenvalue weighted by molar-refractivity contribution is -0.126. The highest BCUT2D eigenvalue weighted by molar-refractivity contribution is 5.78. The summed E-state index contributed by atoms with van der Waals surface area (Å²) in [4.78, 5) is 13.2. The van der Waals surface area contributed by atoms with Gasteiger partial charge in [0.05, 0.1) is 11.5 Å². The van der Waals surface area contributed by atoms with E-state index < -0.39 is 5.60 Å². The lowest BCUT2D eigenvalue weighted by atomic mass is 10.00. The molecule has 90 valence electrons. The van der Waals surface area contributed by atoms with Crippen molar-refractivity contribution in [2.75, 3.05) is 13.6 Å². The number of amides is 1. The van der Waals surface area contributed by atoms with E-state index in [1.165, 1.54) is 0 Å². The van der Waals surface area contributed by atoms with E-state index in [1.807, 2.05) is 25.8 Å². The third-order valence-electron chi connectivity index (χ3n) is 2.61. The van der Waals surface area contributed by atoms with Gasteiger partial charge in [0.25, 0.3) is 0 Å². The van der Waals surface area contributed by atoms with Crippen molar-refractivity contribution in [3.05, 3.63) is 0 Å². The molecule has 0 heterocycles. The zero-order valence-electron chi connectivity index (χ0n) is 10.2. The molecular formula is C10H23N3O2. The van der Waals surface area contributed by atoms with Crippen LogP contribution in [0.1, 0.15) is 27.7 Å². The van der Waals surface area contributed by atoms with Gasteiger partial charge in [0.2, 0.25) is 5.91 Å². The van der Waals surface area contributed by atoms with E-state index in [0.29, 0.717) is 6.54 Å². The molecule has 0 saturated heterocycles. The predicted octanol–water partition coefficient (Wildman–Crippen LogP) is -0.296. The number of aliphatic hydroxyl groups is 1. The molecule has 5 heteroatoms. The molecule has 0 aliphatic heterocycles. The second-order valence-corrected chi connectivity index (χ2v) is 4.77. The number of hydrogen-bond donors (Lipinski definition) is 3. The number of hydrogen-bond acceptors (Lipinski definition) is 4. The Bertz CT molecular complexity index is 213. The van der Waals surface area contributed by atoms with Crippen molar-refractivity contribution >= 4 is 5.91 Å². The molecule has 0 bridgehead atoms. The maximum atomic E-state index is 11.3. The van der Waals surface area contributed by atoms with Crippen LogP contribution in [-0.4, -0.2) is 41.1 Å². The highest BCUT2D eigenvalue weighted by Crippen LogP contribution is 2.12. The number of carbonyl (C=O) groups is 1. The van der Waals surface area contributed by atoms with Crippen LogP contribution in [0.4, 0.5) is 0 Å². The van der Waals surface area contributed by atoms with Gasteiger partial charge in [0.15, 0.2) is 0 Å². The number of likely N-dealkylation sites (N-methyl/N-ethyl adjacent to an activating group) is 1. The van der Waals surface area contributed by atoms with Gasteiger partial charge in [-0.05, 0) is 27.8 Å². The number of nitrogens with one attached hydrogen (secondary N) is 1. The third kappa shape index (κ3) is 5.11. The van der Waals surface area contributed by atoms with E-state index in [1.54, 1.807) is 13.8 Å². The zero-order chi connectivity index (χ0) is 12.2. The Kier molecular flexibility index (Phi) is 5.20. The summed E-state index contributed by atoms with van der Waals surface area (Å²) < 4.78 is 0. The maximum absolute atomic E-state index is 11.3. The smallest absolute Gasteiger partial charge is 0.238 e. The Balaban J connectivity index is 4.31. The summed E-state index contributed by atoms with van der Waals surface area (Å²) in [5.41, 5.74) is 1.37. The molecule has 0 radical (unpaired) electrons. The van der Waals surface area contributed by atoms with Crippen molar-refractivity contribution in [3.8, 4) is 0 Å². The largest absolute Gasteiger partial charge is 0.389 e. The highest BCUT2D eigenvalue weighted by Gasteiger charge is 2.26. The molecule has 0 rings (SSSR count). The summed E-state index contributed by atoms with van der Waals surface area (Å²) in [7, 11) is 1.88. The van der Waals surface area contributed by atoms with Gasteiger partial charge in [-0.15, -0.1) is 0 Å². The van der Waals surface area contributed by atoms with E-state index in [0.717, 1.165) is 0 Å². The monoisotopic (exact) mass is 217 g/mol. The van der Waals surface area contributed by atoms with E-state index in [4.69, 9.17) is 5.84 Å². The lowest BCUT2D eigenvalue weighted by Crippen LogP contribution is -2.48. The average molecular weight is 217 g/mol. The number of hydrazine groups is 1. The van der Waals surface area contributed by atoms with Gasteiger partial charge in [-0.3, -0.25) is 10.2 Å². The first-order valence-electron chi connectivity index (χ1n) is 5.12. The molecule has 4 N–H and O–H groups in total. The zero-order valence-corrected chi connectivity index (χ0v) is 10.2. The fourth-order valence-electron chi connectivity index (χ4n) is 1.49. The molecule has 2 unspecified atom stereocenters. The Hall–Kier alpha value is -0.650. The van der Waals surface area contributed by atoms with Gasteiger partial charge < -0.3 is 10.0 Å². The molecular weight excluding hydrogens is 194 g/mol. The van der Waals surface area contributed by atoms with E-state index in [2.05, 4.69) is 5.43 Å². The molecule has 0 aromatic heterocycles. The fourth-order valence-corrected chi connectivity index (χ4v) is 1.49. The number of nitrogens with two attached hydrogens (primary N) is 1.